The minimum atomic E-state index is 0.0798. The molecule has 0 aromatic heterocycles. The molecule has 32 heavy (non-hydrogen) atoms. The van der Waals surface area contributed by atoms with E-state index in [0.717, 1.165) is 51.4 Å². The Morgan fingerprint density at radius 1 is 1.03 bits per heavy atom. The fraction of sp³-hybridized carbons (Fsp3) is 0.481. The van der Waals surface area contributed by atoms with Crippen LogP contribution in [0.15, 0.2) is 65.7 Å². The Kier molecular flexibility index (Phi) is 8.72. The number of nitrogens with zero attached hydrogens (tertiary/aromatic N) is 2. The summed E-state index contributed by atoms with van der Waals surface area (Å²) in [4.78, 5) is 18.9. The zero-order valence-electron chi connectivity index (χ0n) is 19.8. The topological polar surface area (TPSA) is 56.7 Å². The molecule has 1 aliphatic heterocycles. The molecule has 0 radical (unpaired) electrons. The first-order valence-corrected chi connectivity index (χ1v) is 11.9. The summed E-state index contributed by atoms with van der Waals surface area (Å²) in [5.41, 5.74) is 2.72. The maximum atomic E-state index is 12.5. The number of nitrogens with one attached hydrogen (secondary N) is 2. The van der Waals surface area contributed by atoms with Crippen molar-refractivity contribution in [2.45, 2.75) is 44.9 Å². The second-order valence-electron chi connectivity index (χ2n) is 8.81. The molecule has 2 aromatic carbocycles. The predicted octanol–water partition coefficient (Wildman–Crippen LogP) is 4.00. The molecule has 0 saturated carbocycles. The van der Waals surface area contributed by atoms with Gasteiger partial charge in [-0.1, -0.05) is 74.5 Å². The Morgan fingerprint density at radius 2 is 1.69 bits per heavy atom. The van der Waals surface area contributed by atoms with Crippen LogP contribution in [0.3, 0.4) is 0 Å². The predicted molar refractivity (Wildman–Crippen MR) is 133 cm³/mol. The van der Waals surface area contributed by atoms with Gasteiger partial charge in [0.25, 0.3) is 0 Å². The SMILES string of the molecule is CCC(CC)(CNC(=NC)NCC1CC(=O)N(CCc2ccccc2)C1)c1ccccc1. The first kappa shape index (κ1) is 23.8. The Balaban J connectivity index is 1.48. The van der Waals surface area contributed by atoms with Gasteiger partial charge in [-0.25, -0.2) is 0 Å². The molecule has 1 amide bonds. The molecule has 0 spiro atoms. The van der Waals surface area contributed by atoms with Gasteiger partial charge in [0, 0.05) is 51.0 Å². The summed E-state index contributed by atoms with van der Waals surface area (Å²) >= 11 is 0. The van der Waals surface area contributed by atoms with Crippen molar-refractivity contribution in [2.24, 2.45) is 10.9 Å². The number of carbonyl (C=O) groups excluding carboxylic acids is 1. The van der Waals surface area contributed by atoms with Crippen LogP contribution in [-0.4, -0.2) is 50.0 Å². The van der Waals surface area contributed by atoms with Crippen LogP contribution in [0.1, 0.15) is 44.2 Å². The molecule has 1 unspecified atom stereocenters. The first-order chi connectivity index (χ1) is 15.6. The highest BCUT2D eigenvalue weighted by Crippen LogP contribution is 2.30. The highest BCUT2D eigenvalue weighted by atomic mass is 16.2. The van der Waals surface area contributed by atoms with Gasteiger partial charge in [-0.15, -0.1) is 0 Å². The molecule has 1 atom stereocenters. The maximum absolute atomic E-state index is 12.5. The van der Waals surface area contributed by atoms with Crippen LogP contribution >= 0.6 is 0 Å². The zero-order valence-corrected chi connectivity index (χ0v) is 19.8. The third-order valence-electron chi connectivity index (χ3n) is 6.92. The summed E-state index contributed by atoms with van der Waals surface area (Å²) in [6.45, 7) is 7.69. The molecule has 1 aliphatic rings. The van der Waals surface area contributed by atoms with Crippen molar-refractivity contribution in [1.82, 2.24) is 15.5 Å². The Hall–Kier alpha value is -2.82. The molecular weight excluding hydrogens is 396 g/mol. The maximum Gasteiger partial charge on any atom is 0.223 e. The quantitative estimate of drug-likeness (QED) is 0.439. The van der Waals surface area contributed by atoms with Gasteiger partial charge in [0.15, 0.2) is 5.96 Å². The van der Waals surface area contributed by atoms with E-state index in [0.29, 0.717) is 12.3 Å². The van der Waals surface area contributed by atoms with Gasteiger partial charge in [-0.3, -0.25) is 9.79 Å². The zero-order chi connectivity index (χ0) is 22.8. The van der Waals surface area contributed by atoms with Crippen LogP contribution < -0.4 is 10.6 Å². The van der Waals surface area contributed by atoms with Crippen molar-refractivity contribution in [3.63, 3.8) is 0 Å². The lowest BCUT2D eigenvalue weighted by atomic mass is 9.76. The minimum absolute atomic E-state index is 0.0798. The lowest BCUT2D eigenvalue weighted by Gasteiger charge is -2.33. The van der Waals surface area contributed by atoms with Crippen molar-refractivity contribution in [1.29, 1.82) is 0 Å². The van der Waals surface area contributed by atoms with Gasteiger partial charge < -0.3 is 15.5 Å². The molecule has 5 heteroatoms. The first-order valence-electron chi connectivity index (χ1n) is 11.9. The second kappa shape index (κ2) is 11.7. The Morgan fingerprint density at radius 3 is 2.31 bits per heavy atom. The van der Waals surface area contributed by atoms with Crippen LogP contribution in [-0.2, 0) is 16.6 Å². The van der Waals surface area contributed by atoms with Crippen molar-refractivity contribution in [2.75, 3.05) is 33.2 Å². The fourth-order valence-electron chi connectivity index (χ4n) is 4.63. The van der Waals surface area contributed by atoms with E-state index in [-0.39, 0.29) is 11.3 Å². The summed E-state index contributed by atoms with van der Waals surface area (Å²) in [5.74, 6) is 1.38. The van der Waals surface area contributed by atoms with E-state index in [1.165, 1.54) is 11.1 Å². The third kappa shape index (κ3) is 6.12. The molecule has 2 aromatic rings. The number of carbonyl (C=O) groups is 1. The monoisotopic (exact) mass is 434 g/mol. The number of benzene rings is 2. The highest BCUT2D eigenvalue weighted by Gasteiger charge is 2.30. The number of rotatable bonds is 10. The lowest BCUT2D eigenvalue weighted by molar-refractivity contribution is -0.127. The summed E-state index contributed by atoms with van der Waals surface area (Å²) in [5, 5.41) is 7.00. The number of aliphatic imine (C=N–C) groups is 1. The van der Waals surface area contributed by atoms with Crippen LogP contribution in [0.2, 0.25) is 0 Å². The normalized spacial score (nSPS) is 17.0. The van der Waals surface area contributed by atoms with E-state index >= 15 is 0 Å². The van der Waals surface area contributed by atoms with Crippen molar-refractivity contribution < 1.29 is 4.79 Å². The Labute approximate surface area is 193 Å². The average Bonchev–Trinajstić information content (AvgIpc) is 3.21. The number of likely N-dealkylation sites (tertiary alicyclic amines) is 1. The third-order valence-corrected chi connectivity index (χ3v) is 6.92. The Bertz CT molecular complexity index is 862. The molecule has 0 aliphatic carbocycles. The average molecular weight is 435 g/mol. The van der Waals surface area contributed by atoms with E-state index < -0.39 is 0 Å². The number of guanidine groups is 1. The van der Waals surface area contributed by atoms with E-state index in [1.807, 2.05) is 18.0 Å². The van der Waals surface area contributed by atoms with Crippen molar-refractivity contribution in [3.8, 4) is 0 Å². The number of hydrogen-bond donors (Lipinski definition) is 2. The highest BCUT2D eigenvalue weighted by molar-refractivity contribution is 5.81. The smallest absolute Gasteiger partial charge is 0.223 e. The van der Waals surface area contributed by atoms with E-state index in [9.17, 15) is 4.79 Å². The van der Waals surface area contributed by atoms with Crippen LogP contribution in [0.4, 0.5) is 0 Å². The van der Waals surface area contributed by atoms with Gasteiger partial charge in [0.1, 0.15) is 0 Å². The van der Waals surface area contributed by atoms with Crippen LogP contribution in [0.5, 0.6) is 0 Å². The molecule has 1 saturated heterocycles. The van der Waals surface area contributed by atoms with Gasteiger partial charge >= 0.3 is 0 Å². The van der Waals surface area contributed by atoms with Gasteiger partial charge in [-0.2, -0.15) is 0 Å². The van der Waals surface area contributed by atoms with Gasteiger partial charge in [0.05, 0.1) is 0 Å². The molecule has 5 nitrogen and oxygen atoms in total. The number of hydrogen-bond acceptors (Lipinski definition) is 2. The molecule has 1 fully saturated rings. The molecular formula is C27H38N4O. The van der Waals surface area contributed by atoms with E-state index in [2.05, 4.69) is 84.1 Å². The molecule has 172 valence electrons. The molecule has 3 rings (SSSR count). The van der Waals surface area contributed by atoms with E-state index in [1.54, 1.807) is 0 Å². The molecule has 1 heterocycles. The minimum Gasteiger partial charge on any atom is -0.356 e. The summed E-state index contributed by atoms with van der Waals surface area (Å²) < 4.78 is 0. The van der Waals surface area contributed by atoms with Gasteiger partial charge in [0.2, 0.25) is 5.91 Å². The standard InChI is InChI=1S/C27H38N4O/c1-4-27(5-2,24-14-10-7-11-15-24)21-30-26(28-3)29-19-23-18-25(32)31(20-23)17-16-22-12-8-6-9-13-22/h6-15,23H,4-5,16-21H2,1-3H3,(H2,28,29,30). The number of amides is 1. The van der Waals surface area contributed by atoms with Crippen LogP contribution in [0, 0.1) is 5.92 Å². The summed E-state index contributed by atoms with van der Waals surface area (Å²) in [7, 11) is 1.81. The van der Waals surface area contributed by atoms with Gasteiger partial charge in [-0.05, 0) is 30.4 Å². The summed E-state index contributed by atoms with van der Waals surface area (Å²) in [6.07, 6.45) is 3.64. The second-order valence-corrected chi connectivity index (χ2v) is 8.81. The van der Waals surface area contributed by atoms with Crippen molar-refractivity contribution in [3.05, 3.63) is 71.8 Å². The molecule has 0 bridgehead atoms. The lowest BCUT2D eigenvalue weighted by Crippen LogP contribution is -2.46. The fourth-order valence-corrected chi connectivity index (χ4v) is 4.63. The van der Waals surface area contributed by atoms with E-state index in [4.69, 9.17) is 0 Å². The summed E-state index contributed by atoms with van der Waals surface area (Å²) in [6, 6.07) is 21.1. The van der Waals surface area contributed by atoms with Crippen LogP contribution in [0.25, 0.3) is 0 Å². The largest absolute Gasteiger partial charge is 0.356 e. The van der Waals surface area contributed by atoms with Crippen molar-refractivity contribution >= 4 is 11.9 Å². The molecule has 2 N–H and O–H groups in total.